The van der Waals surface area contributed by atoms with Crippen molar-refractivity contribution in [3.05, 3.63) is 147 Å². The monoisotopic (exact) mass is 1150 g/mol. The number of hydrogen-bond donors (Lipinski definition) is 8. The molecule has 0 spiro atoms. The zero-order valence-electron chi connectivity index (χ0n) is 45.6. The van der Waals surface area contributed by atoms with E-state index in [4.69, 9.17) is 14.2 Å². The molecule has 11 unspecified atom stereocenters. The largest absolute Gasteiger partial charge is 0.508 e. The second-order valence-electron chi connectivity index (χ2n) is 22.2. The smallest absolute Gasteiger partial charge is 0.164 e. The summed E-state index contributed by atoms with van der Waals surface area (Å²) in [6.45, 7) is 5.65. The number of fused-ring (bicyclic) bond motifs is 5. The van der Waals surface area contributed by atoms with Crippen LogP contribution in [0.1, 0.15) is 101 Å². The summed E-state index contributed by atoms with van der Waals surface area (Å²) in [7, 11) is 9.88. The summed E-state index contributed by atoms with van der Waals surface area (Å²) in [5.74, 6) is -0.568. The SMILES string of the molecule is CCOCC1CCC2CSSCC(C3(c4cc(O)cc(CNC)c4)C(=O)C4C(CSSC(CO)c5cccc6ccc(CC)c(c56)Cc5c(ccc(O)c5OC)CC(Cc5cc[nH]c5)C4O)CC3O)c3ccc(O)c(c3)OC2C1. The second-order valence-corrected chi connectivity index (χ2v) is 27.3. The molecule has 422 valence electrons. The number of aliphatic hydroxyl groups excluding tert-OH is 3. The third-order valence-electron chi connectivity index (χ3n) is 17.5. The van der Waals surface area contributed by atoms with E-state index in [1.807, 2.05) is 62.8 Å². The summed E-state index contributed by atoms with van der Waals surface area (Å²) in [4.78, 5) is 20.5. The molecule has 2 aliphatic heterocycles. The lowest BCUT2D eigenvalue weighted by Crippen LogP contribution is -2.62. The van der Waals surface area contributed by atoms with Crippen LogP contribution in [0.15, 0.2) is 97.3 Å². The summed E-state index contributed by atoms with van der Waals surface area (Å²) < 4.78 is 18.9. The van der Waals surface area contributed by atoms with E-state index >= 15 is 4.79 Å². The average molecular weight is 1150 g/mol. The van der Waals surface area contributed by atoms with Gasteiger partial charge in [-0.2, -0.15) is 0 Å². The molecule has 16 heteroatoms. The number of carbonyl (C=O) groups is 1. The Hall–Kier alpha value is -4.49. The average Bonchev–Trinajstić information content (AvgIpc) is 4.04. The van der Waals surface area contributed by atoms with Crippen molar-refractivity contribution in [3.8, 4) is 28.7 Å². The molecule has 2 fully saturated rings. The van der Waals surface area contributed by atoms with Crippen LogP contribution in [0.2, 0.25) is 0 Å². The van der Waals surface area contributed by atoms with Crippen molar-refractivity contribution in [1.82, 2.24) is 10.3 Å². The Bertz CT molecular complexity index is 3070. The quantitative estimate of drug-likeness (QED) is 0.0539. The number of phenolic OH excluding ortho intramolecular Hbond substituents is 3. The highest BCUT2D eigenvalue weighted by molar-refractivity contribution is 8.77. The lowest BCUT2D eigenvalue weighted by atomic mass is 9.52. The molecule has 11 atom stereocenters. The van der Waals surface area contributed by atoms with Crippen LogP contribution in [0.25, 0.3) is 10.8 Å². The first kappa shape index (κ1) is 57.7. The Morgan fingerprint density at radius 2 is 1.68 bits per heavy atom. The molecule has 2 saturated carbocycles. The molecule has 1 aromatic heterocycles. The highest BCUT2D eigenvalue weighted by Gasteiger charge is 2.61. The Morgan fingerprint density at radius 3 is 2.46 bits per heavy atom. The van der Waals surface area contributed by atoms with Crippen molar-refractivity contribution in [2.45, 2.75) is 107 Å². The highest BCUT2D eigenvalue weighted by atomic mass is 33.1. The Labute approximate surface area is 480 Å². The van der Waals surface area contributed by atoms with Crippen LogP contribution in [-0.2, 0) is 47.2 Å². The fourth-order valence-corrected chi connectivity index (χ4v) is 19.4. The molecular formula is C63H76N2O10S4. The minimum Gasteiger partial charge on any atom is -0.508 e. The number of aromatic amines is 1. The van der Waals surface area contributed by atoms with Crippen LogP contribution in [0.4, 0.5) is 0 Å². The number of nitrogens with one attached hydrogen (secondary N) is 2. The van der Waals surface area contributed by atoms with Gasteiger partial charge in [0.05, 0.1) is 36.6 Å². The number of benzene rings is 5. The molecule has 5 aromatic carbocycles. The van der Waals surface area contributed by atoms with Gasteiger partial charge in [0.1, 0.15) is 11.9 Å². The fraction of sp³-hybridized carbons (Fsp3) is 0.476. The van der Waals surface area contributed by atoms with Crippen molar-refractivity contribution in [3.63, 3.8) is 0 Å². The molecule has 4 aliphatic rings. The van der Waals surface area contributed by atoms with Gasteiger partial charge >= 0.3 is 0 Å². The van der Waals surface area contributed by atoms with Crippen LogP contribution in [0, 0.1) is 29.6 Å². The van der Waals surface area contributed by atoms with Gasteiger partial charge in [0.25, 0.3) is 0 Å². The van der Waals surface area contributed by atoms with Crippen LogP contribution in [0.3, 0.4) is 0 Å². The lowest BCUT2D eigenvalue weighted by Gasteiger charge is -2.52. The predicted molar refractivity (Wildman–Crippen MR) is 321 cm³/mol. The van der Waals surface area contributed by atoms with Crippen molar-refractivity contribution >= 4 is 59.7 Å². The number of H-pyrrole nitrogens is 1. The molecule has 8 N–H and O–H groups in total. The van der Waals surface area contributed by atoms with E-state index in [9.17, 15) is 30.6 Å². The number of methoxy groups -OCH3 is 1. The van der Waals surface area contributed by atoms with Crippen LogP contribution >= 0.6 is 43.2 Å². The number of phenols is 3. The lowest BCUT2D eigenvalue weighted by molar-refractivity contribution is -0.150. The van der Waals surface area contributed by atoms with Gasteiger partial charge in [-0.15, -0.1) is 0 Å². The minimum absolute atomic E-state index is 0.00425. The first-order chi connectivity index (χ1) is 38.4. The van der Waals surface area contributed by atoms with E-state index in [-0.39, 0.29) is 53.3 Å². The number of carbonyl (C=O) groups excluding carboxylic acids is 1. The van der Waals surface area contributed by atoms with Gasteiger partial charge in [0.2, 0.25) is 0 Å². The zero-order chi connectivity index (χ0) is 55.4. The van der Waals surface area contributed by atoms with Crippen LogP contribution in [-0.4, -0.2) is 111 Å². The van der Waals surface area contributed by atoms with Gasteiger partial charge in [-0.05, 0) is 168 Å². The number of aromatic nitrogens is 1. The number of aliphatic hydroxyl groups is 3. The molecule has 6 aromatic rings. The summed E-state index contributed by atoms with van der Waals surface area (Å²) in [5, 5.41) is 78.6. The number of aryl methyl sites for hydroxylation is 1. The number of hydrogen-bond acceptors (Lipinski definition) is 15. The summed E-state index contributed by atoms with van der Waals surface area (Å²) in [6.07, 6.45) is 5.76. The molecule has 0 amide bonds. The maximum absolute atomic E-state index is 17.3. The molecule has 2 aliphatic carbocycles. The van der Waals surface area contributed by atoms with Gasteiger partial charge < -0.3 is 55.2 Å². The van der Waals surface area contributed by atoms with Gasteiger partial charge in [-0.3, -0.25) is 4.79 Å². The van der Waals surface area contributed by atoms with E-state index in [0.717, 1.165) is 81.2 Å². The third kappa shape index (κ3) is 11.8. The van der Waals surface area contributed by atoms with Gasteiger partial charge in [0, 0.05) is 79.1 Å². The number of rotatable bonds is 12. The summed E-state index contributed by atoms with van der Waals surface area (Å²) in [5.41, 5.74) is 5.91. The second kappa shape index (κ2) is 25.8. The first-order valence-electron chi connectivity index (χ1n) is 28.0. The highest BCUT2D eigenvalue weighted by Crippen LogP contribution is 2.57. The van der Waals surface area contributed by atoms with Crippen LogP contribution < -0.4 is 14.8 Å². The Balaban J connectivity index is 1.16. The summed E-state index contributed by atoms with van der Waals surface area (Å²) in [6, 6.07) is 26.6. The molecule has 10 rings (SSSR count). The Kier molecular flexibility index (Phi) is 18.8. The molecule has 0 saturated heterocycles. The zero-order valence-corrected chi connectivity index (χ0v) is 48.8. The van der Waals surface area contributed by atoms with E-state index in [0.29, 0.717) is 79.1 Å². The fourth-order valence-electron chi connectivity index (χ4n) is 13.7. The number of ketones is 1. The molecule has 79 heavy (non-hydrogen) atoms. The number of aromatic hydroxyl groups is 3. The molecule has 0 radical (unpaired) electrons. The van der Waals surface area contributed by atoms with E-state index in [1.54, 1.807) is 74.6 Å². The van der Waals surface area contributed by atoms with Crippen molar-refractivity contribution in [2.75, 3.05) is 51.2 Å². The number of ether oxygens (including phenoxy) is 3. The topological polar surface area (TPSA) is 194 Å². The maximum atomic E-state index is 17.3. The maximum Gasteiger partial charge on any atom is 0.164 e. The third-order valence-corrected chi connectivity index (χ3v) is 22.9. The summed E-state index contributed by atoms with van der Waals surface area (Å²) >= 11 is 0. The molecule has 3 heterocycles. The Morgan fingerprint density at radius 1 is 0.861 bits per heavy atom. The predicted octanol–water partition coefficient (Wildman–Crippen LogP) is 11.2. The van der Waals surface area contributed by atoms with E-state index in [1.165, 1.54) is 0 Å². The van der Waals surface area contributed by atoms with Crippen molar-refractivity contribution < 1.29 is 49.6 Å². The normalized spacial score (nSPS) is 27.8. The van der Waals surface area contributed by atoms with E-state index < -0.39 is 41.3 Å². The van der Waals surface area contributed by atoms with Gasteiger partial charge in [0.15, 0.2) is 28.8 Å². The van der Waals surface area contributed by atoms with E-state index in [2.05, 4.69) is 41.5 Å². The molecular weight excluding hydrogens is 1070 g/mol. The van der Waals surface area contributed by atoms with Crippen LogP contribution in [0.5, 0.6) is 28.7 Å². The van der Waals surface area contributed by atoms with Gasteiger partial charge in [-0.1, -0.05) is 98.6 Å². The number of Topliss-reactive ketones (excluding diaryl/α,β-unsaturated/α-hetero) is 1. The minimum atomic E-state index is -1.73. The van der Waals surface area contributed by atoms with Crippen molar-refractivity contribution in [1.29, 1.82) is 0 Å². The van der Waals surface area contributed by atoms with Gasteiger partial charge in [-0.25, -0.2) is 0 Å². The molecule has 12 nitrogen and oxygen atoms in total. The molecule has 2 bridgehead atoms. The first-order valence-corrected chi connectivity index (χ1v) is 32.9. The standard InChI is InChI=1S/C63H76N2O10S4/c1-5-39-12-13-40-8-7-9-48-56(31-66)79-78-34-45-26-57(70)63(46-21-38(29-64-3)22-47(67)27-46,51-35-77-76-33-43-11-10-37(32-74-6-2)23-54(43)75-55-25-42(51)15-16-52(55)68)62(72)59(45)60(71)44(20-36-18-19-65-30-36)24-41-14-17-53(69)61(73-4)50(41)28-49(39)58(40)48/h7-9,12-19,21-22,25,27,30,37,43-45,51,54,56-57,59-60,64-71H,5-6,10-11,20,23-24,26,28-29,31-35H2,1-4H3. The van der Waals surface area contributed by atoms with Crippen molar-refractivity contribution in [2.24, 2.45) is 29.6 Å².